The number of halogens is 4. The maximum absolute atomic E-state index is 14.9. The van der Waals surface area contributed by atoms with Crippen LogP contribution in [-0.2, 0) is 25.6 Å². The van der Waals surface area contributed by atoms with Gasteiger partial charge in [-0.05, 0) is 66.1 Å². The number of alkyl halides is 3. The molecule has 1 fully saturated rings. The zero-order valence-corrected chi connectivity index (χ0v) is 23.2. The van der Waals surface area contributed by atoms with Crippen LogP contribution in [0.4, 0.5) is 23.2 Å². The lowest BCUT2D eigenvalue weighted by Gasteiger charge is -2.52. The Morgan fingerprint density at radius 1 is 1.15 bits per heavy atom. The molecule has 0 saturated heterocycles. The number of pyridine rings is 1. The molecule has 40 heavy (non-hydrogen) atoms. The predicted molar refractivity (Wildman–Crippen MR) is 142 cm³/mol. The normalized spacial score (nSPS) is 16.1. The van der Waals surface area contributed by atoms with Crippen LogP contribution >= 0.6 is 0 Å². The summed E-state index contributed by atoms with van der Waals surface area (Å²) in [6.07, 6.45) is -0.666. The highest BCUT2D eigenvalue weighted by molar-refractivity contribution is 6.04. The third-order valence-corrected chi connectivity index (χ3v) is 7.03. The van der Waals surface area contributed by atoms with Gasteiger partial charge >= 0.3 is 6.18 Å². The zero-order valence-electron chi connectivity index (χ0n) is 23.2. The summed E-state index contributed by atoms with van der Waals surface area (Å²) in [7, 11) is 1.80. The molecule has 0 spiro atoms. The number of carbonyl (C=O) groups is 1. The molecule has 8 nitrogen and oxygen atoms in total. The molecule has 1 aliphatic carbocycles. The van der Waals surface area contributed by atoms with Crippen molar-refractivity contribution in [2.24, 2.45) is 18.4 Å². The van der Waals surface area contributed by atoms with Crippen LogP contribution in [0.25, 0.3) is 0 Å². The van der Waals surface area contributed by atoms with Gasteiger partial charge < -0.3 is 19.8 Å². The summed E-state index contributed by atoms with van der Waals surface area (Å²) >= 11 is 0. The Balaban J connectivity index is 1.68. The average molecular weight is 563 g/mol. The minimum atomic E-state index is -4.66. The van der Waals surface area contributed by atoms with E-state index in [2.05, 4.69) is 34.7 Å². The molecule has 1 amide bonds. The Morgan fingerprint density at radius 3 is 2.42 bits per heavy atom. The van der Waals surface area contributed by atoms with E-state index in [1.54, 1.807) is 24.0 Å². The van der Waals surface area contributed by atoms with E-state index < -0.39 is 41.0 Å². The van der Waals surface area contributed by atoms with Crippen molar-refractivity contribution in [1.29, 1.82) is 0 Å². The second kappa shape index (κ2) is 10.8. The SMILES string of the molecule is CC(C)CNCc1cc(C(=O)Nc2cc(F)cc(C3(c4nncn4C)CC(C)(C)C3)c2)c(=O)n(CC(F)(F)F)c1. The van der Waals surface area contributed by atoms with Crippen molar-refractivity contribution in [2.75, 3.05) is 11.9 Å². The van der Waals surface area contributed by atoms with Gasteiger partial charge in [-0.3, -0.25) is 9.59 Å². The van der Waals surface area contributed by atoms with Gasteiger partial charge in [0.15, 0.2) is 0 Å². The van der Waals surface area contributed by atoms with Gasteiger partial charge in [-0.25, -0.2) is 4.39 Å². The molecule has 3 aromatic rings. The molecule has 0 radical (unpaired) electrons. The second-order valence-corrected chi connectivity index (χ2v) is 11.9. The van der Waals surface area contributed by atoms with Crippen LogP contribution in [0.5, 0.6) is 0 Å². The molecule has 0 aliphatic heterocycles. The summed E-state index contributed by atoms with van der Waals surface area (Å²) in [5, 5.41) is 13.9. The highest BCUT2D eigenvalue weighted by atomic mass is 19.4. The number of aromatic nitrogens is 4. The lowest BCUT2D eigenvalue weighted by molar-refractivity contribution is -0.141. The predicted octanol–water partition coefficient (Wildman–Crippen LogP) is 4.78. The highest BCUT2D eigenvalue weighted by Crippen LogP contribution is 2.58. The zero-order chi connectivity index (χ0) is 29.5. The van der Waals surface area contributed by atoms with Crippen LogP contribution < -0.4 is 16.2 Å². The van der Waals surface area contributed by atoms with E-state index in [4.69, 9.17) is 0 Å². The molecular weight excluding hydrogens is 528 g/mol. The number of benzene rings is 1. The van der Waals surface area contributed by atoms with Crippen LogP contribution in [-0.4, -0.2) is 38.0 Å². The van der Waals surface area contributed by atoms with Crippen LogP contribution in [0.3, 0.4) is 0 Å². The molecule has 0 bridgehead atoms. The number of hydrogen-bond donors (Lipinski definition) is 2. The molecule has 12 heteroatoms. The van der Waals surface area contributed by atoms with Crippen LogP contribution in [0.2, 0.25) is 0 Å². The molecule has 0 unspecified atom stereocenters. The first-order chi connectivity index (χ1) is 18.6. The van der Waals surface area contributed by atoms with E-state index in [0.717, 1.165) is 12.3 Å². The largest absolute Gasteiger partial charge is 0.406 e. The van der Waals surface area contributed by atoms with Crippen molar-refractivity contribution in [3.8, 4) is 0 Å². The molecule has 2 N–H and O–H groups in total. The van der Waals surface area contributed by atoms with Gasteiger partial charge in [0.05, 0.1) is 5.41 Å². The first kappa shape index (κ1) is 29.4. The standard InChI is InChI=1S/C28H34F4N6O2/c1-17(2)10-33-11-18-6-22(24(40)38(12-18)15-28(30,31)32)23(39)35-21-8-19(7-20(29)9-21)27(13-26(3,4)14-27)25-36-34-16-37(25)5/h6-9,12,16-17,33H,10-11,13-15H2,1-5H3,(H,35,39). The molecule has 1 saturated carbocycles. The summed E-state index contributed by atoms with van der Waals surface area (Å²) < 4.78 is 56.8. The van der Waals surface area contributed by atoms with Crippen molar-refractivity contribution < 1.29 is 22.4 Å². The van der Waals surface area contributed by atoms with E-state index in [1.165, 1.54) is 12.1 Å². The lowest BCUT2D eigenvalue weighted by Crippen LogP contribution is -2.49. The van der Waals surface area contributed by atoms with Crippen LogP contribution in [0, 0.1) is 17.2 Å². The third kappa shape index (κ3) is 6.43. The molecule has 2 aromatic heterocycles. The third-order valence-electron chi connectivity index (χ3n) is 7.03. The molecule has 2 heterocycles. The fourth-order valence-corrected chi connectivity index (χ4v) is 5.70. The fourth-order valence-electron chi connectivity index (χ4n) is 5.70. The molecular formula is C28H34F4N6O2. The quantitative estimate of drug-likeness (QED) is 0.366. The summed E-state index contributed by atoms with van der Waals surface area (Å²) in [5.41, 5.74) is -1.22. The Bertz CT molecular complexity index is 1450. The first-order valence-electron chi connectivity index (χ1n) is 13.1. The van der Waals surface area contributed by atoms with Gasteiger partial charge in [0.2, 0.25) is 0 Å². The van der Waals surface area contributed by atoms with E-state index in [1.807, 2.05) is 13.8 Å². The number of anilines is 1. The number of rotatable bonds is 9. The fraction of sp³-hybridized carbons (Fsp3) is 0.500. The summed E-state index contributed by atoms with van der Waals surface area (Å²) in [5.74, 6) is -0.589. The van der Waals surface area contributed by atoms with Gasteiger partial charge in [0, 0.05) is 25.5 Å². The Morgan fingerprint density at radius 2 is 1.85 bits per heavy atom. The molecule has 0 atom stereocenters. The van der Waals surface area contributed by atoms with E-state index >= 15 is 0 Å². The number of amides is 1. The number of hydrogen-bond acceptors (Lipinski definition) is 5. The van der Waals surface area contributed by atoms with E-state index in [-0.39, 0.29) is 23.6 Å². The summed E-state index contributed by atoms with van der Waals surface area (Å²) in [6, 6.07) is 5.38. The minimum Gasteiger partial charge on any atom is -0.322 e. The average Bonchev–Trinajstić information content (AvgIpc) is 3.23. The molecule has 4 rings (SSSR count). The number of nitrogens with one attached hydrogen (secondary N) is 2. The first-order valence-corrected chi connectivity index (χ1v) is 13.1. The maximum Gasteiger partial charge on any atom is 0.406 e. The Kier molecular flexibility index (Phi) is 7.94. The van der Waals surface area contributed by atoms with Crippen molar-refractivity contribution in [1.82, 2.24) is 24.6 Å². The van der Waals surface area contributed by atoms with Crippen LogP contribution in [0.1, 0.15) is 67.8 Å². The van der Waals surface area contributed by atoms with Gasteiger partial charge in [0.25, 0.3) is 11.5 Å². The Hall–Kier alpha value is -3.54. The lowest BCUT2D eigenvalue weighted by atomic mass is 9.51. The number of carbonyl (C=O) groups excluding carboxylic acids is 1. The van der Waals surface area contributed by atoms with Gasteiger partial charge in [0.1, 0.15) is 30.1 Å². The minimum absolute atomic E-state index is 0.0325. The second-order valence-electron chi connectivity index (χ2n) is 11.9. The van der Waals surface area contributed by atoms with E-state index in [9.17, 15) is 27.2 Å². The summed E-state index contributed by atoms with van der Waals surface area (Å²) in [6.45, 7) is 7.36. The highest BCUT2D eigenvalue weighted by Gasteiger charge is 2.54. The Labute approximate surface area is 229 Å². The maximum atomic E-state index is 14.9. The molecule has 1 aliphatic rings. The molecule has 216 valence electrons. The van der Waals surface area contributed by atoms with Crippen molar-refractivity contribution in [2.45, 2.75) is 65.2 Å². The van der Waals surface area contributed by atoms with E-state index in [0.29, 0.717) is 40.9 Å². The van der Waals surface area contributed by atoms with Crippen molar-refractivity contribution in [3.05, 3.63) is 75.5 Å². The van der Waals surface area contributed by atoms with Crippen molar-refractivity contribution in [3.63, 3.8) is 0 Å². The number of nitrogens with zero attached hydrogens (tertiary/aromatic N) is 4. The van der Waals surface area contributed by atoms with Gasteiger partial charge in [-0.1, -0.05) is 27.7 Å². The summed E-state index contributed by atoms with van der Waals surface area (Å²) in [4.78, 5) is 26.2. The monoisotopic (exact) mass is 562 g/mol. The molecule has 1 aromatic carbocycles. The number of aryl methyl sites for hydroxylation is 1. The topological polar surface area (TPSA) is 93.8 Å². The smallest absolute Gasteiger partial charge is 0.322 e. The van der Waals surface area contributed by atoms with Gasteiger partial charge in [-0.15, -0.1) is 10.2 Å². The van der Waals surface area contributed by atoms with Crippen LogP contribution in [0.15, 0.2) is 41.6 Å². The van der Waals surface area contributed by atoms with Gasteiger partial charge in [-0.2, -0.15) is 13.2 Å². The van der Waals surface area contributed by atoms with Crippen molar-refractivity contribution >= 4 is 11.6 Å².